The van der Waals surface area contributed by atoms with Crippen LogP contribution in [0, 0.1) is 0 Å². The lowest BCUT2D eigenvalue weighted by Gasteiger charge is -2.05. The van der Waals surface area contributed by atoms with E-state index < -0.39 is 5.97 Å². The molecule has 0 amide bonds. The topological polar surface area (TPSA) is 86.5 Å². The predicted octanol–water partition coefficient (Wildman–Crippen LogP) is 2.80. The number of ether oxygens (including phenoxy) is 2. The number of fused-ring (bicyclic) bond motifs is 1. The Balaban J connectivity index is 1.87. The molecule has 1 heterocycles. The molecule has 7 nitrogen and oxygen atoms in total. The summed E-state index contributed by atoms with van der Waals surface area (Å²) in [6.45, 7) is 5.39. The molecule has 1 N–H and O–H groups in total. The summed E-state index contributed by atoms with van der Waals surface area (Å²) >= 11 is 0. The molecule has 134 valence electrons. The van der Waals surface area contributed by atoms with Crippen LogP contribution in [0.2, 0.25) is 0 Å². The highest BCUT2D eigenvalue weighted by Crippen LogP contribution is 2.27. The van der Waals surface area contributed by atoms with Crippen molar-refractivity contribution in [3.8, 4) is 17.2 Å². The lowest BCUT2D eigenvalue weighted by Crippen LogP contribution is -2.08. The number of aromatic nitrogens is 3. The molecule has 0 atom stereocenters. The van der Waals surface area contributed by atoms with Crippen LogP contribution in [0.25, 0.3) is 16.7 Å². The van der Waals surface area contributed by atoms with Crippen molar-refractivity contribution in [1.82, 2.24) is 15.0 Å². The van der Waals surface area contributed by atoms with Gasteiger partial charge in [-0.2, -0.15) is 0 Å². The number of esters is 1. The van der Waals surface area contributed by atoms with Crippen LogP contribution in [-0.2, 0) is 16.0 Å². The van der Waals surface area contributed by atoms with Crippen LogP contribution in [0.4, 0.5) is 0 Å². The van der Waals surface area contributed by atoms with Crippen molar-refractivity contribution >= 4 is 17.0 Å². The van der Waals surface area contributed by atoms with E-state index in [2.05, 4.69) is 16.8 Å². The van der Waals surface area contributed by atoms with Gasteiger partial charge in [0.1, 0.15) is 28.2 Å². The van der Waals surface area contributed by atoms with E-state index >= 15 is 0 Å². The maximum absolute atomic E-state index is 11.5. The first kappa shape index (κ1) is 17.5. The van der Waals surface area contributed by atoms with E-state index in [1.165, 1.54) is 18.0 Å². The van der Waals surface area contributed by atoms with Crippen molar-refractivity contribution in [2.24, 2.45) is 0 Å². The molecule has 0 aliphatic heterocycles. The summed E-state index contributed by atoms with van der Waals surface area (Å²) in [5.41, 5.74) is 3.08. The number of phenolic OH excluding ortho intramolecular Hbond substituents is 1. The van der Waals surface area contributed by atoms with Gasteiger partial charge in [0, 0.05) is 18.1 Å². The van der Waals surface area contributed by atoms with Gasteiger partial charge in [-0.05, 0) is 30.7 Å². The van der Waals surface area contributed by atoms with E-state index in [0.29, 0.717) is 34.5 Å². The molecule has 0 saturated carbocycles. The van der Waals surface area contributed by atoms with Crippen molar-refractivity contribution < 1.29 is 19.4 Å². The van der Waals surface area contributed by atoms with Crippen molar-refractivity contribution in [3.63, 3.8) is 0 Å². The van der Waals surface area contributed by atoms with Crippen molar-refractivity contribution in [2.45, 2.75) is 13.3 Å². The van der Waals surface area contributed by atoms with Crippen molar-refractivity contribution in [1.29, 1.82) is 0 Å². The molecule has 7 heteroatoms. The zero-order valence-electron chi connectivity index (χ0n) is 14.6. The minimum atomic E-state index is -0.413. The van der Waals surface area contributed by atoms with E-state index in [1.807, 2.05) is 18.2 Å². The van der Waals surface area contributed by atoms with Gasteiger partial charge >= 0.3 is 5.97 Å². The molecule has 0 unspecified atom stereocenters. The van der Waals surface area contributed by atoms with Crippen LogP contribution < -0.4 is 4.74 Å². The van der Waals surface area contributed by atoms with Gasteiger partial charge in [0.05, 0.1) is 13.7 Å². The van der Waals surface area contributed by atoms with Crippen molar-refractivity contribution in [2.75, 3.05) is 13.7 Å². The monoisotopic (exact) mass is 353 g/mol. The van der Waals surface area contributed by atoms with Crippen LogP contribution in [0.3, 0.4) is 0 Å². The summed E-state index contributed by atoms with van der Waals surface area (Å²) in [7, 11) is 1.53. The number of carbonyl (C=O) groups excluding carboxylic acids is 1. The number of hydrogen-bond donors (Lipinski definition) is 1. The fraction of sp³-hybridized carbons (Fsp3) is 0.211. The van der Waals surface area contributed by atoms with E-state index in [4.69, 9.17) is 9.47 Å². The normalized spacial score (nSPS) is 10.7. The lowest BCUT2D eigenvalue weighted by molar-refractivity contribution is -0.138. The Morgan fingerprint density at radius 1 is 1.27 bits per heavy atom. The van der Waals surface area contributed by atoms with Gasteiger partial charge in [-0.25, -0.2) is 4.79 Å². The van der Waals surface area contributed by atoms with Gasteiger partial charge in [0.25, 0.3) is 0 Å². The Hall–Kier alpha value is -3.35. The van der Waals surface area contributed by atoms with Gasteiger partial charge in [-0.1, -0.05) is 18.7 Å². The quantitative estimate of drug-likeness (QED) is 0.542. The van der Waals surface area contributed by atoms with Crippen LogP contribution in [0.1, 0.15) is 12.5 Å². The third-order valence-electron chi connectivity index (χ3n) is 3.85. The zero-order valence-corrected chi connectivity index (χ0v) is 14.6. The Morgan fingerprint density at radius 2 is 2.08 bits per heavy atom. The highest BCUT2D eigenvalue weighted by Gasteiger charge is 2.13. The second-order valence-corrected chi connectivity index (χ2v) is 5.80. The number of carbonyl (C=O) groups is 1. The number of rotatable bonds is 6. The largest absolute Gasteiger partial charge is 0.505 e. The molecule has 0 aliphatic rings. The Kier molecular flexibility index (Phi) is 4.88. The molecule has 3 rings (SSSR count). The van der Waals surface area contributed by atoms with Crippen LogP contribution in [-0.4, -0.2) is 39.8 Å². The number of hydrogen-bond acceptors (Lipinski definition) is 6. The maximum Gasteiger partial charge on any atom is 0.333 e. The van der Waals surface area contributed by atoms with E-state index in [-0.39, 0.29) is 12.4 Å². The molecular weight excluding hydrogens is 334 g/mol. The zero-order chi connectivity index (χ0) is 18.7. The van der Waals surface area contributed by atoms with Gasteiger partial charge in [-0.15, -0.1) is 15.0 Å². The maximum atomic E-state index is 11.5. The first-order valence-electron chi connectivity index (χ1n) is 8.04. The summed E-state index contributed by atoms with van der Waals surface area (Å²) in [6, 6.07) is 10.5. The molecule has 0 spiro atoms. The number of aromatic hydroxyl groups is 1. The van der Waals surface area contributed by atoms with Crippen LogP contribution in [0.5, 0.6) is 11.5 Å². The Bertz CT molecular complexity index is 978. The Labute approximate surface area is 150 Å². The van der Waals surface area contributed by atoms with Gasteiger partial charge in [-0.3, -0.25) is 0 Å². The first-order chi connectivity index (χ1) is 12.5. The van der Waals surface area contributed by atoms with Crippen LogP contribution in [0.15, 0.2) is 48.6 Å². The van der Waals surface area contributed by atoms with E-state index in [1.54, 1.807) is 19.1 Å². The second kappa shape index (κ2) is 7.26. The fourth-order valence-electron chi connectivity index (χ4n) is 2.48. The molecule has 26 heavy (non-hydrogen) atoms. The van der Waals surface area contributed by atoms with E-state index in [0.717, 1.165) is 5.56 Å². The van der Waals surface area contributed by atoms with Crippen molar-refractivity contribution in [3.05, 3.63) is 54.1 Å². The van der Waals surface area contributed by atoms with Gasteiger partial charge < -0.3 is 14.6 Å². The summed E-state index contributed by atoms with van der Waals surface area (Å²) in [4.78, 5) is 12.9. The molecule has 0 saturated heterocycles. The molecule has 1 aromatic heterocycles. The summed E-state index contributed by atoms with van der Waals surface area (Å²) in [5, 5.41) is 19.1. The highest BCUT2D eigenvalue weighted by molar-refractivity contribution is 5.87. The molecule has 3 aromatic rings. The average Bonchev–Trinajstić information content (AvgIpc) is 3.06. The fourth-order valence-corrected chi connectivity index (χ4v) is 2.48. The molecular formula is C19H19N3O4. The SMILES string of the molecule is C=C(C)C(=O)OCCc1cccc2nn(-c3ccc(OC)cc3O)nc12. The summed E-state index contributed by atoms with van der Waals surface area (Å²) in [6.07, 6.45) is 0.504. The Morgan fingerprint density at radius 3 is 2.77 bits per heavy atom. The number of phenols is 1. The first-order valence-corrected chi connectivity index (χ1v) is 8.04. The minimum Gasteiger partial charge on any atom is -0.505 e. The van der Waals surface area contributed by atoms with Gasteiger partial charge in [0.15, 0.2) is 0 Å². The molecule has 0 bridgehead atoms. The lowest BCUT2D eigenvalue weighted by atomic mass is 10.1. The smallest absolute Gasteiger partial charge is 0.333 e. The molecule has 0 aliphatic carbocycles. The third kappa shape index (κ3) is 3.51. The number of methoxy groups -OCH3 is 1. The number of benzene rings is 2. The minimum absolute atomic E-state index is 0.0154. The molecule has 0 fully saturated rings. The van der Waals surface area contributed by atoms with Gasteiger partial charge in [0.2, 0.25) is 0 Å². The second-order valence-electron chi connectivity index (χ2n) is 5.80. The standard InChI is InChI=1S/C19H19N3O4/c1-12(2)19(24)26-10-9-13-5-4-6-15-18(13)21-22(20-15)16-8-7-14(25-3)11-17(16)23/h4-8,11,23H,1,9-10H2,2-3H3. The summed E-state index contributed by atoms with van der Waals surface area (Å²) < 4.78 is 10.2. The molecule has 0 radical (unpaired) electrons. The predicted molar refractivity (Wildman–Crippen MR) is 96.6 cm³/mol. The molecule has 2 aromatic carbocycles. The van der Waals surface area contributed by atoms with Crippen LogP contribution >= 0.6 is 0 Å². The highest BCUT2D eigenvalue weighted by atomic mass is 16.5. The summed E-state index contributed by atoms with van der Waals surface area (Å²) in [5.74, 6) is 0.147. The van der Waals surface area contributed by atoms with E-state index in [9.17, 15) is 9.90 Å². The number of nitrogens with zero attached hydrogens (tertiary/aromatic N) is 3. The average molecular weight is 353 g/mol. The third-order valence-corrected chi connectivity index (χ3v) is 3.85.